The maximum atomic E-state index is 12.7. The molecule has 1 nitrogen and oxygen atoms in total. The second-order valence-corrected chi connectivity index (χ2v) is 5.54. The van der Waals surface area contributed by atoms with E-state index >= 15 is 0 Å². The van der Waals surface area contributed by atoms with Gasteiger partial charge in [-0.2, -0.15) is 0 Å². The molecule has 90 valence electrons. The second-order valence-electron chi connectivity index (χ2n) is 5.54. The first kappa shape index (κ1) is 13.2. The van der Waals surface area contributed by atoms with E-state index in [0.29, 0.717) is 5.41 Å². The van der Waals surface area contributed by atoms with Gasteiger partial charge in [0, 0.05) is 6.04 Å². The molecule has 0 aliphatic rings. The fraction of sp³-hybridized carbons (Fsp3) is 0.571. The molecule has 0 fully saturated rings. The molecule has 0 radical (unpaired) electrons. The summed E-state index contributed by atoms with van der Waals surface area (Å²) < 4.78 is 12.7. The standard InChI is InChI=1S/C14H22FN/c1-11(16-10-9-14(2,3)4)12-5-7-13(15)8-6-12/h5-8,11,16H,9-10H2,1-4H3/t11-/m1/s1. The highest BCUT2D eigenvalue weighted by atomic mass is 19.1. The number of hydrogen-bond donors (Lipinski definition) is 1. The van der Waals surface area contributed by atoms with Crippen LogP contribution in [-0.4, -0.2) is 6.54 Å². The molecule has 0 heterocycles. The minimum absolute atomic E-state index is 0.175. The van der Waals surface area contributed by atoms with Gasteiger partial charge in [0.25, 0.3) is 0 Å². The Morgan fingerprint density at radius 2 is 1.75 bits per heavy atom. The minimum Gasteiger partial charge on any atom is -0.310 e. The fourth-order valence-electron chi connectivity index (χ4n) is 1.53. The number of benzene rings is 1. The Morgan fingerprint density at radius 1 is 1.19 bits per heavy atom. The third-order valence-corrected chi connectivity index (χ3v) is 2.70. The summed E-state index contributed by atoms with van der Waals surface area (Å²) in [6.07, 6.45) is 1.14. The smallest absolute Gasteiger partial charge is 0.123 e. The van der Waals surface area contributed by atoms with Crippen LogP contribution in [0.3, 0.4) is 0 Å². The van der Waals surface area contributed by atoms with Gasteiger partial charge in [-0.15, -0.1) is 0 Å². The normalized spacial score (nSPS) is 13.8. The summed E-state index contributed by atoms with van der Waals surface area (Å²) in [6, 6.07) is 6.98. The van der Waals surface area contributed by atoms with Crippen molar-refractivity contribution >= 4 is 0 Å². The molecule has 1 rings (SSSR count). The topological polar surface area (TPSA) is 12.0 Å². The molecule has 0 aliphatic carbocycles. The highest BCUT2D eigenvalue weighted by molar-refractivity contribution is 5.19. The minimum atomic E-state index is -0.175. The zero-order chi connectivity index (χ0) is 12.2. The summed E-state index contributed by atoms with van der Waals surface area (Å²) in [7, 11) is 0. The molecular weight excluding hydrogens is 201 g/mol. The molecule has 1 aromatic rings. The van der Waals surface area contributed by atoms with Crippen LogP contribution in [0.5, 0.6) is 0 Å². The molecule has 0 bridgehead atoms. The summed E-state index contributed by atoms with van der Waals surface area (Å²) >= 11 is 0. The average Bonchev–Trinajstić information content (AvgIpc) is 2.16. The van der Waals surface area contributed by atoms with Crippen LogP contribution in [-0.2, 0) is 0 Å². The summed E-state index contributed by atoms with van der Waals surface area (Å²) in [6.45, 7) is 9.80. The molecular formula is C14H22FN. The van der Waals surface area contributed by atoms with Crippen molar-refractivity contribution in [1.82, 2.24) is 5.32 Å². The van der Waals surface area contributed by atoms with Crippen LogP contribution in [0.25, 0.3) is 0 Å². The van der Waals surface area contributed by atoms with Gasteiger partial charge >= 0.3 is 0 Å². The maximum Gasteiger partial charge on any atom is 0.123 e. The van der Waals surface area contributed by atoms with Crippen LogP contribution < -0.4 is 5.32 Å². The SMILES string of the molecule is C[C@@H](NCCC(C)(C)C)c1ccc(F)cc1. The van der Waals surface area contributed by atoms with Gasteiger partial charge in [-0.1, -0.05) is 32.9 Å². The van der Waals surface area contributed by atoms with E-state index in [1.807, 2.05) is 12.1 Å². The number of rotatable bonds is 4. The van der Waals surface area contributed by atoms with Gasteiger partial charge in [0.05, 0.1) is 0 Å². The molecule has 0 saturated heterocycles. The lowest BCUT2D eigenvalue weighted by Crippen LogP contribution is -2.23. The Labute approximate surface area is 98.1 Å². The van der Waals surface area contributed by atoms with E-state index in [1.54, 1.807) is 0 Å². The van der Waals surface area contributed by atoms with Crippen LogP contribution in [0, 0.1) is 11.2 Å². The number of hydrogen-bond acceptors (Lipinski definition) is 1. The van der Waals surface area contributed by atoms with Crippen molar-refractivity contribution in [3.8, 4) is 0 Å². The van der Waals surface area contributed by atoms with E-state index in [0.717, 1.165) is 18.5 Å². The van der Waals surface area contributed by atoms with Gasteiger partial charge in [0.1, 0.15) is 5.82 Å². The van der Waals surface area contributed by atoms with Crippen molar-refractivity contribution in [3.63, 3.8) is 0 Å². The van der Waals surface area contributed by atoms with Crippen molar-refractivity contribution in [1.29, 1.82) is 0 Å². The first-order chi connectivity index (χ1) is 7.38. The van der Waals surface area contributed by atoms with Crippen LogP contribution in [0.4, 0.5) is 4.39 Å². The van der Waals surface area contributed by atoms with Crippen molar-refractivity contribution < 1.29 is 4.39 Å². The van der Waals surface area contributed by atoms with Gasteiger partial charge in [0.2, 0.25) is 0 Å². The molecule has 1 atom stereocenters. The van der Waals surface area contributed by atoms with Gasteiger partial charge in [-0.25, -0.2) is 4.39 Å². The predicted molar refractivity (Wildman–Crippen MR) is 66.9 cm³/mol. The first-order valence-corrected chi connectivity index (χ1v) is 5.87. The Hall–Kier alpha value is -0.890. The molecule has 2 heteroatoms. The largest absolute Gasteiger partial charge is 0.310 e. The zero-order valence-electron chi connectivity index (χ0n) is 10.7. The Balaban J connectivity index is 2.41. The monoisotopic (exact) mass is 223 g/mol. The van der Waals surface area contributed by atoms with E-state index < -0.39 is 0 Å². The number of nitrogens with one attached hydrogen (secondary N) is 1. The lowest BCUT2D eigenvalue weighted by atomic mass is 9.92. The van der Waals surface area contributed by atoms with E-state index in [-0.39, 0.29) is 11.9 Å². The van der Waals surface area contributed by atoms with E-state index in [1.165, 1.54) is 12.1 Å². The first-order valence-electron chi connectivity index (χ1n) is 5.87. The van der Waals surface area contributed by atoms with Crippen LogP contribution in [0.2, 0.25) is 0 Å². The third kappa shape index (κ3) is 4.75. The molecule has 16 heavy (non-hydrogen) atoms. The highest BCUT2D eigenvalue weighted by Gasteiger charge is 2.11. The lowest BCUT2D eigenvalue weighted by Gasteiger charge is -2.20. The fourth-order valence-corrected chi connectivity index (χ4v) is 1.53. The van der Waals surface area contributed by atoms with Crippen molar-refractivity contribution in [3.05, 3.63) is 35.6 Å². The van der Waals surface area contributed by atoms with E-state index in [9.17, 15) is 4.39 Å². The van der Waals surface area contributed by atoms with Gasteiger partial charge in [0.15, 0.2) is 0 Å². The average molecular weight is 223 g/mol. The molecule has 0 spiro atoms. The molecule has 0 unspecified atom stereocenters. The second kappa shape index (κ2) is 5.44. The molecule has 0 amide bonds. The van der Waals surface area contributed by atoms with Gasteiger partial charge < -0.3 is 5.32 Å². The molecule has 0 saturated carbocycles. The van der Waals surface area contributed by atoms with Crippen LogP contribution in [0.1, 0.15) is 45.7 Å². The molecule has 1 aromatic carbocycles. The number of halogens is 1. The van der Waals surface area contributed by atoms with Crippen LogP contribution in [0.15, 0.2) is 24.3 Å². The molecule has 0 aliphatic heterocycles. The Bertz CT molecular complexity index is 311. The van der Waals surface area contributed by atoms with Gasteiger partial charge in [-0.3, -0.25) is 0 Å². The quantitative estimate of drug-likeness (QED) is 0.816. The zero-order valence-corrected chi connectivity index (χ0v) is 10.7. The van der Waals surface area contributed by atoms with Crippen molar-refractivity contribution in [2.24, 2.45) is 5.41 Å². The van der Waals surface area contributed by atoms with E-state index in [4.69, 9.17) is 0 Å². The summed E-state index contributed by atoms with van der Waals surface area (Å²) in [5.74, 6) is -0.175. The van der Waals surface area contributed by atoms with Crippen molar-refractivity contribution in [2.75, 3.05) is 6.54 Å². The van der Waals surface area contributed by atoms with Crippen molar-refractivity contribution in [2.45, 2.75) is 40.2 Å². The lowest BCUT2D eigenvalue weighted by molar-refractivity contribution is 0.358. The highest BCUT2D eigenvalue weighted by Crippen LogP contribution is 2.18. The summed E-state index contributed by atoms with van der Waals surface area (Å²) in [5.41, 5.74) is 1.49. The summed E-state index contributed by atoms with van der Waals surface area (Å²) in [5, 5.41) is 3.45. The Morgan fingerprint density at radius 3 is 2.25 bits per heavy atom. The Kier molecular flexibility index (Phi) is 4.48. The maximum absolute atomic E-state index is 12.7. The third-order valence-electron chi connectivity index (χ3n) is 2.70. The predicted octanol–water partition coefficient (Wildman–Crippen LogP) is 3.91. The summed E-state index contributed by atoms with van der Waals surface area (Å²) in [4.78, 5) is 0. The molecule has 0 aromatic heterocycles. The van der Waals surface area contributed by atoms with Gasteiger partial charge in [-0.05, 0) is 43.0 Å². The van der Waals surface area contributed by atoms with E-state index in [2.05, 4.69) is 33.0 Å². The molecule has 1 N–H and O–H groups in total. The van der Waals surface area contributed by atoms with Crippen LogP contribution >= 0.6 is 0 Å².